The Bertz CT molecular complexity index is 1240. The molecule has 4 aromatic rings. The Morgan fingerprint density at radius 3 is 2.61 bits per heavy atom. The molecular weight excluding hydrogens is 420 g/mol. The van der Waals surface area contributed by atoms with Gasteiger partial charge in [-0.1, -0.05) is 18.2 Å². The molecule has 2 aliphatic heterocycles. The Labute approximate surface area is 190 Å². The third kappa shape index (κ3) is 3.85. The average Bonchev–Trinajstić information content (AvgIpc) is 3.53. The van der Waals surface area contributed by atoms with E-state index in [-0.39, 0.29) is 0 Å². The molecular formula is C23H22N8O2. The molecule has 0 aliphatic carbocycles. The summed E-state index contributed by atoms with van der Waals surface area (Å²) in [5, 5.41) is 9.16. The van der Waals surface area contributed by atoms with Crippen LogP contribution in [0.25, 0.3) is 5.69 Å². The minimum absolute atomic E-state index is 0.549. The number of benzene rings is 1. The highest BCUT2D eigenvalue weighted by atomic mass is 16.5. The lowest BCUT2D eigenvalue weighted by molar-refractivity contribution is 0.122. The lowest BCUT2D eigenvalue weighted by Gasteiger charge is -2.28. The van der Waals surface area contributed by atoms with Gasteiger partial charge in [-0.2, -0.15) is 15.1 Å². The van der Waals surface area contributed by atoms with E-state index in [0.29, 0.717) is 37.3 Å². The Hall–Kier alpha value is -4.05. The van der Waals surface area contributed by atoms with Gasteiger partial charge in [0.1, 0.15) is 11.6 Å². The first kappa shape index (κ1) is 19.6. The number of morpholine rings is 1. The standard InChI is InChI=1S/C23H22N8O2/c1-2-5-17(6-3-1)31-25-16-20(28-31)30-10-8-19-21(30)26-23(29-11-13-32-14-12-29)27-22(19)33-18-7-4-9-24-15-18/h1-7,9,15-16H,8,10-14H2. The van der Waals surface area contributed by atoms with Crippen molar-refractivity contribution in [3.8, 4) is 17.3 Å². The van der Waals surface area contributed by atoms with E-state index in [1.165, 1.54) is 0 Å². The first-order chi connectivity index (χ1) is 16.3. The van der Waals surface area contributed by atoms with Gasteiger partial charge < -0.3 is 19.3 Å². The fourth-order valence-corrected chi connectivity index (χ4v) is 4.01. The molecule has 0 saturated carbocycles. The summed E-state index contributed by atoms with van der Waals surface area (Å²) in [4.78, 5) is 19.7. The summed E-state index contributed by atoms with van der Waals surface area (Å²) in [6.07, 6.45) is 5.90. The summed E-state index contributed by atoms with van der Waals surface area (Å²) >= 11 is 0. The lowest BCUT2D eigenvalue weighted by Crippen LogP contribution is -2.37. The minimum atomic E-state index is 0.549. The van der Waals surface area contributed by atoms with Crippen LogP contribution in [0.2, 0.25) is 0 Å². The van der Waals surface area contributed by atoms with Gasteiger partial charge in [0.05, 0.1) is 36.9 Å². The van der Waals surface area contributed by atoms with Crippen LogP contribution in [-0.4, -0.2) is 62.8 Å². The summed E-state index contributed by atoms with van der Waals surface area (Å²) in [7, 11) is 0. The van der Waals surface area contributed by atoms with E-state index < -0.39 is 0 Å². The van der Waals surface area contributed by atoms with Crippen molar-refractivity contribution in [2.24, 2.45) is 0 Å². The third-order valence-electron chi connectivity index (χ3n) is 5.66. The molecule has 1 saturated heterocycles. The number of anilines is 3. The van der Waals surface area contributed by atoms with Crippen molar-refractivity contribution in [3.05, 3.63) is 66.6 Å². The van der Waals surface area contributed by atoms with Crippen molar-refractivity contribution >= 4 is 17.6 Å². The molecule has 3 aromatic heterocycles. The number of aromatic nitrogens is 6. The molecule has 0 unspecified atom stereocenters. The Kier molecular flexibility index (Phi) is 5.04. The number of hydrogen-bond acceptors (Lipinski definition) is 9. The first-order valence-electron chi connectivity index (χ1n) is 10.9. The number of fused-ring (bicyclic) bond motifs is 1. The molecule has 10 heteroatoms. The van der Waals surface area contributed by atoms with E-state index in [0.717, 1.165) is 42.4 Å². The molecule has 0 spiro atoms. The zero-order valence-corrected chi connectivity index (χ0v) is 17.9. The SMILES string of the molecule is c1ccc(-n2ncc(N3CCc4c(Oc5cccnc5)nc(N5CCOCC5)nc43)n2)cc1. The van der Waals surface area contributed by atoms with Crippen LogP contribution in [-0.2, 0) is 11.2 Å². The average molecular weight is 442 g/mol. The Balaban J connectivity index is 1.39. The van der Waals surface area contributed by atoms with Crippen molar-refractivity contribution < 1.29 is 9.47 Å². The van der Waals surface area contributed by atoms with E-state index >= 15 is 0 Å². The van der Waals surface area contributed by atoms with Gasteiger partial charge in [-0.15, -0.1) is 9.90 Å². The molecule has 0 radical (unpaired) electrons. The van der Waals surface area contributed by atoms with Gasteiger partial charge in [-0.25, -0.2) is 0 Å². The second-order valence-electron chi connectivity index (χ2n) is 7.75. The van der Waals surface area contributed by atoms with Crippen LogP contribution in [0.5, 0.6) is 11.6 Å². The highest BCUT2D eigenvalue weighted by molar-refractivity contribution is 5.67. The quantitative estimate of drug-likeness (QED) is 0.462. The monoisotopic (exact) mass is 442 g/mol. The maximum Gasteiger partial charge on any atom is 0.230 e. The molecule has 5 heterocycles. The molecule has 1 aromatic carbocycles. The third-order valence-corrected chi connectivity index (χ3v) is 5.66. The largest absolute Gasteiger partial charge is 0.437 e. The number of hydrogen-bond donors (Lipinski definition) is 0. The van der Waals surface area contributed by atoms with Gasteiger partial charge in [-0.3, -0.25) is 4.98 Å². The number of rotatable bonds is 5. The summed E-state index contributed by atoms with van der Waals surface area (Å²) in [5.74, 6) is 3.34. The molecule has 2 aliphatic rings. The molecule has 166 valence electrons. The predicted molar refractivity (Wildman–Crippen MR) is 121 cm³/mol. The number of para-hydroxylation sites is 1. The topological polar surface area (TPSA) is 94.3 Å². The normalized spacial score (nSPS) is 15.5. The summed E-state index contributed by atoms with van der Waals surface area (Å²) in [5.41, 5.74) is 1.85. The van der Waals surface area contributed by atoms with E-state index in [1.807, 2.05) is 42.5 Å². The molecule has 0 atom stereocenters. The van der Waals surface area contributed by atoms with Gasteiger partial charge in [-0.05, 0) is 30.7 Å². The zero-order valence-electron chi connectivity index (χ0n) is 17.9. The Morgan fingerprint density at radius 1 is 0.909 bits per heavy atom. The second kappa shape index (κ2) is 8.47. The van der Waals surface area contributed by atoms with Crippen LogP contribution in [0.4, 0.5) is 17.6 Å². The van der Waals surface area contributed by atoms with Crippen molar-refractivity contribution in [2.75, 3.05) is 42.6 Å². The highest BCUT2D eigenvalue weighted by Gasteiger charge is 2.31. The number of ether oxygens (including phenoxy) is 2. The van der Waals surface area contributed by atoms with Gasteiger partial charge >= 0.3 is 0 Å². The zero-order chi connectivity index (χ0) is 22.0. The van der Waals surface area contributed by atoms with Crippen molar-refractivity contribution in [1.29, 1.82) is 0 Å². The summed E-state index contributed by atoms with van der Waals surface area (Å²) < 4.78 is 11.7. The van der Waals surface area contributed by atoms with E-state index in [4.69, 9.17) is 24.5 Å². The predicted octanol–water partition coefficient (Wildman–Crippen LogP) is 2.78. The van der Waals surface area contributed by atoms with Crippen LogP contribution in [0.15, 0.2) is 61.1 Å². The molecule has 33 heavy (non-hydrogen) atoms. The maximum absolute atomic E-state index is 6.17. The van der Waals surface area contributed by atoms with Gasteiger partial charge in [0, 0.05) is 25.8 Å². The molecule has 0 bridgehead atoms. The minimum Gasteiger partial charge on any atom is -0.437 e. The molecule has 10 nitrogen and oxygen atoms in total. The van der Waals surface area contributed by atoms with Crippen LogP contribution in [0.3, 0.4) is 0 Å². The lowest BCUT2D eigenvalue weighted by atomic mass is 10.2. The summed E-state index contributed by atoms with van der Waals surface area (Å²) in [6, 6.07) is 13.6. The van der Waals surface area contributed by atoms with Crippen LogP contribution < -0.4 is 14.5 Å². The van der Waals surface area contributed by atoms with E-state index in [1.54, 1.807) is 23.4 Å². The number of pyridine rings is 1. The molecule has 0 amide bonds. The fraction of sp³-hybridized carbons (Fsp3) is 0.261. The summed E-state index contributed by atoms with van der Waals surface area (Å²) in [6.45, 7) is 3.47. The van der Waals surface area contributed by atoms with E-state index in [2.05, 4.69) is 19.9 Å². The molecule has 6 rings (SSSR count). The molecule has 0 N–H and O–H groups in total. The van der Waals surface area contributed by atoms with Gasteiger partial charge in [0.15, 0.2) is 5.82 Å². The first-order valence-corrected chi connectivity index (χ1v) is 10.9. The van der Waals surface area contributed by atoms with Crippen molar-refractivity contribution in [3.63, 3.8) is 0 Å². The smallest absolute Gasteiger partial charge is 0.230 e. The van der Waals surface area contributed by atoms with Gasteiger partial charge in [0.25, 0.3) is 0 Å². The Morgan fingerprint density at radius 2 is 1.79 bits per heavy atom. The van der Waals surface area contributed by atoms with Crippen LogP contribution in [0, 0.1) is 0 Å². The maximum atomic E-state index is 6.17. The fourth-order valence-electron chi connectivity index (χ4n) is 4.01. The molecule has 1 fully saturated rings. The van der Waals surface area contributed by atoms with E-state index in [9.17, 15) is 0 Å². The van der Waals surface area contributed by atoms with Crippen LogP contribution >= 0.6 is 0 Å². The van der Waals surface area contributed by atoms with Crippen molar-refractivity contribution in [1.82, 2.24) is 29.9 Å². The van der Waals surface area contributed by atoms with Crippen LogP contribution in [0.1, 0.15) is 5.56 Å². The number of nitrogens with zero attached hydrogens (tertiary/aromatic N) is 8. The highest BCUT2D eigenvalue weighted by Crippen LogP contribution is 2.39. The van der Waals surface area contributed by atoms with Crippen molar-refractivity contribution in [2.45, 2.75) is 6.42 Å². The van der Waals surface area contributed by atoms with Gasteiger partial charge in [0.2, 0.25) is 11.8 Å². The second-order valence-corrected chi connectivity index (χ2v) is 7.75.